The predicted molar refractivity (Wildman–Crippen MR) is 89.4 cm³/mol. The first-order chi connectivity index (χ1) is 10.7. The van der Waals surface area contributed by atoms with Crippen molar-refractivity contribution >= 4 is 23.4 Å². The summed E-state index contributed by atoms with van der Waals surface area (Å²) in [4.78, 5) is 18.4. The van der Waals surface area contributed by atoms with Gasteiger partial charge in [-0.1, -0.05) is 35.9 Å². The van der Waals surface area contributed by atoms with E-state index in [1.54, 1.807) is 0 Å². The number of hydrogen-bond donors (Lipinski definition) is 2. The van der Waals surface area contributed by atoms with Crippen LogP contribution in [0.25, 0.3) is 0 Å². The van der Waals surface area contributed by atoms with Gasteiger partial charge in [-0.3, -0.25) is 10.3 Å². The van der Waals surface area contributed by atoms with Crippen LogP contribution < -0.4 is 15.5 Å². The largest absolute Gasteiger partial charge is 0.326 e. The van der Waals surface area contributed by atoms with Crippen molar-refractivity contribution in [1.82, 2.24) is 5.32 Å². The Bertz CT molecular complexity index is 680. The van der Waals surface area contributed by atoms with E-state index in [0.717, 1.165) is 17.9 Å². The maximum absolute atomic E-state index is 12.1. The fraction of sp³-hybridized carbons (Fsp3) is 0.176. The first kappa shape index (κ1) is 14.1. The third-order valence-corrected chi connectivity index (χ3v) is 3.44. The van der Waals surface area contributed by atoms with Gasteiger partial charge >= 0.3 is 6.03 Å². The molecule has 0 saturated heterocycles. The molecule has 0 unspecified atom stereocenters. The van der Waals surface area contributed by atoms with E-state index in [1.165, 1.54) is 5.56 Å². The Labute approximate surface area is 129 Å². The quantitative estimate of drug-likeness (QED) is 0.894. The molecule has 0 fully saturated rings. The fourth-order valence-corrected chi connectivity index (χ4v) is 2.32. The van der Waals surface area contributed by atoms with Gasteiger partial charge in [0, 0.05) is 17.9 Å². The molecule has 1 heterocycles. The number of aliphatic imine (C=N–C) groups is 1. The molecular weight excluding hydrogens is 276 g/mol. The van der Waals surface area contributed by atoms with Crippen LogP contribution in [-0.4, -0.2) is 25.1 Å². The summed E-state index contributed by atoms with van der Waals surface area (Å²) in [7, 11) is 0. The lowest BCUT2D eigenvalue weighted by atomic mass is 10.2. The van der Waals surface area contributed by atoms with Crippen molar-refractivity contribution < 1.29 is 4.79 Å². The molecule has 1 aliphatic heterocycles. The van der Waals surface area contributed by atoms with Crippen molar-refractivity contribution in [2.45, 2.75) is 6.92 Å². The Morgan fingerprint density at radius 3 is 2.50 bits per heavy atom. The normalized spacial score (nSPS) is 13.7. The van der Waals surface area contributed by atoms with E-state index in [0.29, 0.717) is 12.5 Å². The number of aryl methyl sites for hydroxylation is 1. The van der Waals surface area contributed by atoms with Crippen LogP contribution in [0.15, 0.2) is 59.6 Å². The Balaban J connectivity index is 1.66. The molecular formula is C17H18N4O. The molecule has 0 bridgehead atoms. The zero-order valence-electron chi connectivity index (χ0n) is 12.4. The summed E-state index contributed by atoms with van der Waals surface area (Å²) in [5, 5.41) is 5.61. The number of para-hydroxylation sites is 1. The number of carbonyl (C=O) groups is 1. The lowest BCUT2D eigenvalue weighted by molar-refractivity contribution is 0.256. The summed E-state index contributed by atoms with van der Waals surface area (Å²) in [5.74, 6) is 0.581. The summed E-state index contributed by atoms with van der Waals surface area (Å²) in [6, 6.07) is 17.2. The van der Waals surface area contributed by atoms with Gasteiger partial charge in [0.15, 0.2) is 0 Å². The molecule has 3 rings (SSSR count). The van der Waals surface area contributed by atoms with Gasteiger partial charge in [-0.05, 0) is 31.2 Å². The number of carbonyl (C=O) groups excluding carboxylic acids is 1. The second-order valence-corrected chi connectivity index (χ2v) is 5.14. The number of anilines is 2. The number of guanidine groups is 1. The van der Waals surface area contributed by atoms with E-state index < -0.39 is 0 Å². The van der Waals surface area contributed by atoms with Crippen molar-refractivity contribution in [3.8, 4) is 0 Å². The van der Waals surface area contributed by atoms with Crippen molar-refractivity contribution in [1.29, 1.82) is 0 Å². The second-order valence-electron chi connectivity index (χ2n) is 5.14. The summed E-state index contributed by atoms with van der Waals surface area (Å²) < 4.78 is 0. The van der Waals surface area contributed by atoms with Crippen molar-refractivity contribution in [2.75, 3.05) is 23.3 Å². The Morgan fingerprint density at radius 1 is 1.05 bits per heavy atom. The highest BCUT2D eigenvalue weighted by Crippen LogP contribution is 2.17. The Morgan fingerprint density at radius 2 is 1.77 bits per heavy atom. The van der Waals surface area contributed by atoms with Gasteiger partial charge in [0.05, 0.1) is 6.54 Å². The molecule has 0 radical (unpaired) electrons. The molecule has 112 valence electrons. The number of nitrogens with zero attached hydrogens (tertiary/aromatic N) is 2. The van der Waals surface area contributed by atoms with Crippen LogP contribution in [0.2, 0.25) is 0 Å². The summed E-state index contributed by atoms with van der Waals surface area (Å²) in [5.41, 5.74) is 2.98. The molecule has 1 aliphatic rings. The van der Waals surface area contributed by atoms with Crippen LogP contribution in [0.3, 0.4) is 0 Å². The zero-order chi connectivity index (χ0) is 15.4. The highest BCUT2D eigenvalue weighted by molar-refractivity contribution is 6.09. The monoisotopic (exact) mass is 294 g/mol. The van der Waals surface area contributed by atoms with Crippen LogP contribution in [-0.2, 0) is 0 Å². The molecule has 22 heavy (non-hydrogen) atoms. The lowest BCUT2D eigenvalue weighted by Crippen LogP contribution is -2.43. The van der Waals surface area contributed by atoms with Gasteiger partial charge < -0.3 is 10.2 Å². The minimum absolute atomic E-state index is 0.288. The number of amides is 2. The van der Waals surface area contributed by atoms with Crippen molar-refractivity contribution in [3.63, 3.8) is 0 Å². The van der Waals surface area contributed by atoms with E-state index in [9.17, 15) is 4.79 Å². The molecule has 0 saturated carbocycles. The lowest BCUT2D eigenvalue weighted by Gasteiger charge is -2.21. The van der Waals surface area contributed by atoms with E-state index in [4.69, 9.17) is 0 Å². The number of hydrogen-bond acceptors (Lipinski definition) is 3. The van der Waals surface area contributed by atoms with Gasteiger partial charge in [-0.2, -0.15) is 0 Å². The molecule has 0 aromatic heterocycles. The van der Waals surface area contributed by atoms with Gasteiger partial charge in [-0.15, -0.1) is 0 Å². The smallest absolute Gasteiger partial charge is 0.310 e. The zero-order valence-corrected chi connectivity index (χ0v) is 12.4. The van der Waals surface area contributed by atoms with E-state index in [1.807, 2.05) is 54.3 Å². The van der Waals surface area contributed by atoms with E-state index in [-0.39, 0.29) is 6.03 Å². The van der Waals surface area contributed by atoms with Crippen molar-refractivity contribution in [3.05, 3.63) is 60.2 Å². The number of rotatable bonds is 2. The average molecular weight is 294 g/mol. The van der Waals surface area contributed by atoms with Crippen LogP contribution in [0.5, 0.6) is 0 Å². The highest BCUT2D eigenvalue weighted by Gasteiger charge is 2.20. The molecule has 2 aromatic rings. The maximum atomic E-state index is 12.1. The fourth-order valence-electron chi connectivity index (χ4n) is 2.32. The maximum Gasteiger partial charge on any atom is 0.326 e. The predicted octanol–water partition coefficient (Wildman–Crippen LogP) is 2.99. The molecule has 5 heteroatoms. The third kappa shape index (κ3) is 3.25. The van der Waals surface area contributed by atoms with Crippen LogP contribution in [0.4, 0.5) is 16.2 Å². The van der Waals surface area contributed by atoms with E-state index in [2.05, 4.69) is 27.8 Å². The van der Waals surface area contributed by atoms with Gasteiger partial charge in [0.1, 0.15) is 0 Å². The standard InChI is InChI=1S/C17H18N4O/c1-13-7-9-15(10-8-13)21-12-11-18-16(21)20-17(22)19-14-5-3-2-4-6-14/h2-10H,11-12H2,1H3,(H2,18,19,20,22). The molecule has 2 aromatic carbocycles. The highest BCUT2D eigenvalue weighted by atomic mass is 16.2. The Kier molecular flexibility index (Phi) is 4.05. The van der Waals surface area contributed by atoms with E-state index >= 15 is 0 Å². The van der Waals surface area contributed by atoms with Crippen LogP contribution >= 0.6 is 0 Å². The molecule has 0 aliphatic carbocycles. The minimum Gasteiger partial charge on any atom is -0.310 e. The molecule has 0 atom stereocenters. The second kappa shape index (κ2) is 6.30. The first-order valence-corrected chi connectivity index (χ1v) is 7.24. The van der Waals surface area contributed by atoms with Crippen LogP contribution in [0.1, 0.15) is 5.56 Å². The third-order valence-electron chi connectivity index (χ3n) is 3.44. The van der Waals surface area contributed by atoms with Gasteiger partial charge in [0.2, 0.25) is 5.96 Å². The van der Waals surface area contributed by atoms with Crippen molar-refractivity contribution in [2.24, 2.45) is 4.99 Å². The summed E-state index contributed by atoms with van der Waals surface area (Å²) >= 11 is 0. The molecule has 2 amide bonds. The summed E-state index contributed by atoms with van der Waals surface area (Å²) in [6.07, 6.45) is 0. The topological polar surface area (TPSA) is 56.7 Å². The van der Waals surface area contributed by atoms with Crippen LogP contribution in [0, 0.1) is 6.92 Å². The average Bonchev–Trinajstić information content (AvgIpc) is 2.97. The summed E-state index contributed by atoms with van der Waals surface area (Å²) in [6.45, 7) is 3.49. The first-order valence-electron chi connectivity index (χ1n) is 7.24. The molecule has 0 spiro atoms. The SMILES string of the molecule is Cc1ccc(N2CCN=C2NC(=O)Nc2ccccc2)cc1. The molecule has 5 nitrogen and oxygen atoms in total. The van der Waals surface area contributed by atoms with Gasteiger partial charge in [0.25, 0.3) is 0 Å². The number of urea groups is 1. The molecule has 2 N–H and O–H groups in total. The van der Waals surface area contributed by atoms with Gasteiger partial charge in [-0.25, -0.2) is 4.79 Å². The number of nitrogens with one attached hydrogen (secondary N) is 2. The minimum atomic E-state index is -0.288. The Hall–Kier alpha value is -2.82. The number of benzene rings is 2.